The number of carbonyl (C=O) groups excluding carboxylic acids is 1. The Balaban J connectivity index is 1.81. The molecule has 0 saturated carbocycles. The van der Waals surface area contributed by atoms with E-state index in [9.17, 15) is 4.79 Å². The van der Waals surface area contributed by atoms with Crippen LogP contribution in [0.2, 0.25) is 0 Å². The topological polar surface area (TPSA) is 20.3 Å². The van der Waals surface area contributed by atoms with Crippen molar-refractivity contribution in [3.8, 4) is 0 Å². The van der Waals surface area contributed by atoms with E-state index in [0.29, 0.717) is 0 Å². The maximum atomic E-state index is 12.9. The molecule has 0 radical (unpaired) electrons. The third kappa shape index (κ3) is 4.04. The zero-order valence-electron chi connectivity index (χ0n) is 13.6. The highest BCUT2D eigenvalue weighted by Gasteiger charge is 2.17. The Morgan fingerprint density at radius 2 is 1.74 bits per heavy atom. The summed E-state index contributed by atoms with van der Waals surface area (Å²) in [5, 5.41) is 0. The van der Waals surface area contributed by atoms with Gasteiger partial charge in [0.15, 0.2) is 5.78 Å². The molecule has 3 rings (SSSR count). The summed E-state index contributed by atoms with van der Waals surface area (Å²) in [6, 6.07) is 16.1. The van der Waals surface area contributed by atoms with E-state index in [1.54, 1.807) is 0 Å². The van der Waals surface area contributed by atoms with Crippen LogP contribution >= 0.6 is 11.8 Å². The van der Waals surface area contributed by atoms with Crippen LogP contribution in [0.25, 0.3) is 0 Å². The van der Waals surface area contributed by atoms with E-state index in [-0.39, 0.29) is 5.78 Å². The molecule has 0 aromatic heterocycles. The summed E-state index contributed by atoms with van der Waals surface area (Å²) in [4.78, 5) is 15.3. The molecule has 0 bridgehead atoms. The van der Waals surface area contributed by atoms with Crippen LogP contribution < -0.4 is 0 Å². The van der Waals surface area contributed by atoms with Crippen LogP contribution in [0.5, 0.6) is 0 Å². The summed E-state index contributed by atoms with van der Waals surface area (Å²) >= 11 is 2.01. The minimum atomic E-state index is 0.134. The van der Waals surface area contributed by atoms with Crippen LogP contribution in [0.1, 0.15) is 34.0 Å². The number of hydrogen-bond donors (Lipinski definition) is 0. The summed E-state index contributed by atoms with van der Waals surface area (Å²) in [6.45, 7) is 5.22. The molecule has 0 spiro atoms. The van der Waals surface area contributed by atoms with Crippen molar-refractivity contribution in [3.05, 3.63) is 70.8 Å². The number of benzene rings is 2. The zero-order valence-corrected chi connectivity index (χ0v) is 14.4. The normalized spacial score (nSPS) is 15.5. The van der Waals surface area contributed by atoms with Crippen molar-refractivity contribution in [2.75, 3.05) is 24.6 Å². The van der Waals surface area contributed by atoms with E-state index in [2.05, 4.69) is 30.0 Å². The summed E-state index contributed by atoms with van der Waals surface area (Å²) < 4.78 is 0. The smallest absolute Gasteiger partial charge is 0.193 e. The Bertz CT molecular complexity index is 660. The van der Waals surface area contributed by atoms with Crippen LogP contribution in [0.15, 0.2) is 48.5 Å². The van der Waals surface area contributed by atoms with Crippen molar-refractivity contribution in [3.63, 3.8) is 0 Å². The Hall–Kier alpha value is -1.58. The highest BCUT2D eigenvalue weighted by molar-refractivity contribution is 7.99. The Morgan fingerprint density at radius 1 is 1.04 bits per heavy atom. The molecule has 23 heavy (non-hydrogen) atoms. The minimum absolute atomic E-state index is 0.134. The van der Waals surface area contributed by atoms with Gasteiger partial charge in [0.2, 0.25) is 0 Å². The predicted molar refractivity (Wildman–Crippen MR) is 98.3 cm³/mol. The SMILES string of the molecule is CCc1ccc(C(=O)c2ccccc2CN2CCSCC2)cc1. The molecule has 0 atom stereocenters. The molecule has 0 unspecified atom stereocenters. The molecular formula is C20H23NOS. The lowest BCUT2D eigenvalue weighted by Gasteiger charge is -2.26. The monoisotopic (exact) mass is 325 g/mol. The third-order valence-corrected chi connectivity index (χ3v) is 5.33. The van der Waals surface area contributed by atoms with E-state index in [1.165, 1.54) is 17.1 Å². The molecule has 1 saturated heterocycles. The van der Waals surface area contributed by atoms with E-state index in [4.69, 9.17) is 0 Å². The van der Waals surface area contributed by atoms with Gasteiger partial charge < -0.3 is 0 Å². The van der Waals surface area contributed by atoms with Gasteiger partial charge in [-0.3, -0.25) is 9.69 Å². The van der Waals surface area contributed by atoms with Crippen molar-refractivity contribution >= 4 is 17.5 Å². The summed E-state index contributed by atoms with van der Waals surface area (Å²) in [5.41, 5.74) is 4.03. The van der Waals surface area contributed by atoms with Crippen LogP contribution in [-0.2, 0) is 13.0 Å². The lowest BCUT2D eigenvalue weighted by atomic mass is 9.97. The number of aryl methyl sites for hydroxylation is 1. The standard InChI is InChI=1S/C20H23NOS/c1-2-16-7-9-17(10-8-16)20(22)19-6-4-3-5-18(19)15-21-11-13-23-14-12-21/h3-10H,2,11-15H2,1H3. The maximum Gasteiger partial charge on any atom is 0.193 e. The molecule has 0 N–H and O–H groups in total. The van der Waals surface area contributed by atoms with Crippen molar-refractivity contribution in [2.45, 2.75) is 19.9 Å². The second-order valence-corrected chi connectivity index (χ2v) is 7.15. The fraction of sp³-hybridized carbons (Fsp3) is 0.350. The molecule has 1 aliphatic rings. The van der Waals surface area contributed by atoms with Gasteiger partial charge in [-0.05, 0) is 17.5 Å². The van der Waals surface area contributed by atoms with Crippen molar-refractivity contribution in [1.82, 2.24) is 4.90 Å². The molecule has 1 aliphatic heterocycles. The average Bonchev–Trinajstić information content (AvgIpc) is 2.62. The number of hydrogen-bond acceptors (Lipinski definition) is 3. The highest BCUT2D eigenvalue weighted by atomic mass is 32.2. The van der Waals surface area contributed by atoms with E-state index in [1.807, 2.05) is 42.1 Å². The first kappa shape index (κ1) is 16.3. The molecule has 0 aliphatic carbocycles. The van der Waals surface area contributed by atoms with Crippen LogP contribution in [-0.4, -0.2) is 35.3 Å². The van der Waals surface area contributed by atoms with E-state index < -0.39 is 0 Å². The van der Waals surface area contributed by atoms with Gasteiger partial charge in [0.1, 0.15) is 0 Å². The Morgan fingerprint density at radius 3 is 2.43 bits per heavy atom. The molecule has 2 aromatic carbocycles. The first-order valence-corrected chi connectivity index (χ1v) is 9.45. The third-order valence-electron chi connectivity index (χ3n) is 4.38. The number of rotatable bonds is 5. The molecule has 1 heterocycles. The summed E-state index contributed by atoms with van der Waals surface area (Å²) in [6.07, 6.45) is 0.998. The summed E-state index contributed by atoms with van der Waals surface area (Å²) in [5.74, 6) is 2.51. The molecule has 3 heteroatoms. The van der Waals surface area contributed by atoms with Gasteiger partial charge in [-0.2, -0.15) is 11.8 Å². The molecule has 1 fully saturated rings. The van der Waals surface area contributed by atoms with Gasteiger partial charge in [0, 0.05) is 42.3 Å². The van der Waals surface area contributed by atoms with Crippen LogP contribution in [0.3, 0.4) is 0 Å². The second kappa shape index (κ2) is 7.80. The van der Waals surface area contributed by atoms with Gasteiger partial charge in [0.25, 0.3) is 0 Å². The quantitative estimate of drug-likeness (QED) is 0.774. The van der Waals surface area contributed by atoms with Gasteiger partial charge in [0.05, 0.1) is 0 Å². The fourth-order valence-corrected chi connectivity index (χ4v) is 3.91. The van der Waals surface area contributed by atoms with Gasteiger partial charge in [-0.15, -0.1) is 0 Å². The lowest BCUT2D eigenvalue weighted by molar-refractivity contribution is 0.103. The van der Waals surface area contributed by atoms with Gasteiger partial charge >= 0.3 is 0 Å². The van der Waals surface area contributed by atoms with E-state index in [0.717, 1.165) is 42.7 Å². The lowest BCUT2D eigenvalue weighted by Crippen LogP contribution is -2.32. The second-order valence-electron chi connectivity index (χ2n) is 5.93. The van der Waals surface area contributed by atoms with Crippen LogP contribution in [0.4, 0.5) is 0 Å². The zero-order chi connectivity index (χ0) is 16.1. The van der Waals surface area contributed by atoms with Crippen LogP contribution in [0, 0.1) is 0 Å². The average molecular weight is 325 g/mol. The fourth-order valence-electron chi connectivity index (χ4n) is 2.93. The molecular weight excluding hydrogens is 302 g/mol. The van der Waals surface area contributed by atoms with E-state index >= 15 is 0 Å². The van der Waals surface area contributed by atoms with Crippen molar-refractivity contribution < 1.29 is 4.79 Å². The number of nitrogens with zero attached hydrogens (tertiary/aromatic N) is 1. The van der Waals surface area contributed by atoms with Gasteiger partial charge in [-0.25, -0.2) is 0 Å². The molecule has 2 aromatic rings. The molecule has 0 amide bonds. The Kier molecular flexibility index (Phi) is 5.52. The summed E-state index contributed by atoms with van der Waals surface area (Å²) in [7, 11) is 0. The number of thioether (sulfide) groups is 1. The predicted octanol–water partition coefficient (Wildman–Crippen LogP) is 4.03. The van der Waals surface area contributed by atoms with Crippen molar-refractivity contribution in [2.24, 2.45) is 0 Å². The maximum absolute atomic E-state index is 12.9. The first-order valence-electron chi connectivity index (χ1n) is 8.29. The highest BCUT2D eigenvalue weighted by Crippen LogP contribution is 2.19. The minimum Gasteiger partial charge on any atom is -0.297 e. The van der Waals surface area contributed by atoms with Crippen molar-refractivity contribution in [1.29, 1.82) is 0 Å². The molecule has 2 nitrogen and oxygen atoms in total. The Labute approximate surface area is 142 Å². The number of carbonyl (C=O) groups is 1. The largest absolute Gasteiger partial charge is 0.297 e. The van der Waals surface area contributed by atoms with Gasteiger partial charge in [-0.1, -0.05) is 55.5 Å². The number of ketones is 1. The molecule has 120 valence electrons. The first-order chi connectivity index (χ1) is 11.3.